The molecule has 126 valence electrons. The van der Waals surface area contributed by atoms with Crippen molar-refractivity contribution in [3.8, 4) is 5.75 Å². The molecule has 0 heterocycles. The fraction of sp³-hybridized carbons (Fsp3) is 0.222. The van der Waals surface area contributed by atoms with Crippen LogP contribution in [0.15, 0.2) is 48.5 Å². The number of esters is 1. The molecule has 0 fully saturated rings. The van der Waals surface area contributed by atoms with Crippen LogP contribution < -0.4 is 10.1 Å². The lowest BCUT2D eigenvalue weighted by Gasteiger charge is -2.09. The van der Waals surface area contributed by atoms with Gasteiger partial charge in [0.15, 0.2) is 6.61 Å². The van der Waals surface area contributed by atoms with Crippen LogP contribution in [0.3, 0.4) is 0 Å². The average Bonchev–Trinajstić information content (AvgIpc) is 2.53. The van der Waals surface area contributed by atoms with E-state index in [-0.39, 0.29) is 24.8 Å². The first-order valence-electron chi connectivity index (χ1n) is 7.49. The first-order chi connectivity index (χ1) is 11.6. The number of hydrogen-bond acceptors (Lipinski definition) is 4. The second-order valence-corrected chi connectivity index (χ2v) is 4.98. The van der Waals surface area contributed by atoms with E-state index in [1.807, 2.05) is 0 Å². The van der Waals surface area contributed by atoms with Gasteiger partial charge in [-0.15, -0.1) is 0 Å². The average molecular weight is 331 g/mol. The van der Waals surface area contributed by atoms with Crippen LogP contribution in [0.1, 0.15) is 12.5 Å². The number of carbonyl (C=O) groups excluding carboxylic acids is 2. The van der Waals surface area contributed by atoms with Crippen molar-refractivity contribution in [1.82, 2.24) is 0 Å². The monoisotopic (exact) mass is 331 g/mol. The Morgan fingerprint density at radius 3 is 2.67 bits per heavy atom. The Kier molecular flexibility index (Phi) is 6.31. The highest BCUT2D eigenvalue weighted by Crippen LogP contribution is 2.18. The molecule has 0 aromatic heterocycles. The van der Waals surface area contributed by atoms with Crippen LogP contribution in [0.4, 0.5) is 10.1 Å². The van der Waals surface area contributed by atoms with Crippen molar-refractivity contribution in [1.29, 1.82) is 0 Å². The highest BCUT2D eigenvalue weighted by atomic mass is 19.1. The van der Waals surface area contributed by atoms with Crippen molar-refractivity contribution in [3.63, 3.8) is 0 Å². The summed E-state index contributed by atoms with van der Waals surface area (Å²) >= 11 is 0. The number of halogens is 1. The van der Waals surface area contributed by atoms with Crippen molar-refractivity contribution in [2.75, 3.05) is 18.5 Å². The summed E-state index contributed by atoms with van der Waals surface area (Å²) in [6, 6.07) is 12.5. The molecule has 24 heavy (non-hydrogen) atoms. The number of hydrogen-bond donors (Lipinski definition) is 1. The summed E-state index contributed by atoms with van der Waals surface area (Å²) in [6.45, 7) is 1.81. The van der Waals surface area contributed by atoms with Gasteiger partial charge >= 0.3 is 5.97 Å². The maximum absolute atomic E-state index is 13.1. The van der Waals surface area contributed by atoms with Crippen LogP contribution in [0.2, 0.25) is 0 Å². The first kappa shape index (κ1) is 17.5. The summed E-state index contributed by atoms with van der Waals surface area (Å²) in [5.74, 6) is -0.678. The lowest BCUT2D eigenvalue weighted by molar-refractivity contribution is -0.145. The zero-order chi connectivity index (χ0) is 17.4. The molecular formula is C18H18FNO4. The molecular weight excluding hydrogens is 313 g/mol. The zero-order valence-electron chi connectivity index (χ0n) is 13.3. The highest BCUT2D eigenvalue weighted by Gasteiger charge is 2.07. The van der Waals surface area contributed by atoms with Crippen molar-refractivity contribution in [2.24, 2.45) is 0 Å². The van der Waals surface area contributed by atoms with Crippen LogP contribution in [0.5, 0.6) is 5.75 Å². The predicted molar refractivity (Wildman–Crippen MR) is 87.3 cm³/mol. The first-order valence-corrected chi connectivity index (χ1v) is 7.49. The summed E-state index contributed by atoms with van der Waals surface area (Å²) in [6.07, 6.45) is 0.0612. The molecule has 0 radical (unpaired) electrons. The van der Waals surface area contributed by atoms with Crippen molar-refractivity contribution in [3.05, 3.63) is 59.9 Å². The van der Waals surface area contributed by atoms with Crippen LogP contribution in [0, 0.1) is 5.82 Å². The SMILES string of the molecule is CCOC(=O)COc1cccc(NC(=O)Cc2cccc(F)c2)c1. The van der Waals surface area contributed by atoms with Gasteiger partial charge < -0.3 is 14.8 Å². The second kappa shape index (κ2) is 8.67. The normalized spacial score (nSPS) is 10.1. The summed E-state index contributed by atoms with van der Waals surface area (Å²) in [5.41, 5.74) is 1.11. The van der Waals surface area contributed by atoms with E-state index in [1.54, 1.807) is 43.3 Å². The van der Waals surface area contributed by atoms with Crippen molar-refractivity contribution >= 4 is 17.6 Å². The van der Waals surface area contributed by atoms with E-state index in [0.29, 0.717) is 23.6 Å². The summed E-state index contributed by atoms with van der Waals surface area (Å²) in [4.78, 5) is 23.3. The highest BCUT2D eigenvalue weighted by molar-refractivity contribution is 5.92. The van der Waals surface area contributed by atoms with Gasteiger partial charge in [-0.1, -0.05) is 18.2 Å². The van der Waals surface area contributed by atoms with Gasteiger partial charge in [0.05, 0.1) is 13.0 Å². The van der Waals surface area contributed by atoms with Crippen LogP contribution >= 0.6 is 0 Å². The second-order valence-electron chi connectivity index (χ2n) is 4.98. The predicted octanol–water partition coefficient (Wildman–Crippen LogP) is 2.95. The van der Waals surface area contributed by atoms with Crippen LogP contribution in [0.25, 0.3) is 0 Å². The molecule has 0 spiro atoms. The Morgan fingerprint density at radius 2 is 1.92 bits per heavy atom. The molecule has 1 N–H and O–H groups in total. The largest absolute Gasteiger partial charge is 0.482 e. The number of rotatable bonds is 7. The van der Waals surface area contributed by atoms with Crippen LogP contribution in [-0.4, -0.2) is 25.1 Å². The van der Waals surface area contributed by atoms with Crippen molar-refractivity contribution in [2.45, 2.75) is 13.3 Å². The molecule has 2 rings (SSSR count). The molecule has 0 saturated carbocycles. The molecule has 0 unspecified atom stereocenters. The molecule has 0 bridgehead atoms. The Balaban J connectivity index is 1.91. The van der Waals surface area contributed by atoms with Gasteiger partial charge in [-0.3, -0.25) is 4.79 Å². The minimum absolute atomic E-state index is 0.0612. The number of anilines is 1. The molecule has 5 nitrogen and oxygen atoms in total. The molecule has 2 aromatic carbocycles. The fourth-order valence-electron chi connectivity index (χ4n) is 2.05. The van der Waals surface area contributed by atoms with E-state index < -0.39 is 5.97 Å². The molecule has 2 aromatic rings. The van der Waals surface area contributed by atoms with E-state index in [2.05, 4.69) is 5.32 Å². The smallest absolute Gasteiger partial charge is 0.344 e. The number of benzene rings is 2. The Bertz CT molecular complexity index is 718. The van der Waals surface area contributed by atoms with Gasteiger partial charge in [0.25, 0.3) is 0 Å². The maximum Gasteiger partial charge on any atom is 0.344 e. The number of ether oxygens (including phenoxy) is 2. The van der Waals surface area contributed by atoms with Crippen molar-refractivity contribution < 1.29 is 23.5 Å². The number of amides is 1. The Hall–Kier alpha value is -2.89. The van der Waals surface area contributed by atoms with Gasteiger partial charge in [0.2, 0.25) is 5.91 Å². The third-order valence-corrected chi connectivity index (χ3v) is 3.03. The summed E-state index contributed by atoms with van der Waals surface area (Å²) in [5, 5.41) is 2.71. The molecule has 0 atom stereocenters. The maximum atomic E-state index is 13.1. The third-order valence-electron chi connectivity index (χ3n) is 3.03. The zero-order valence-corrected chi connectivity index (χ0v) is 13.3. The lowest BCUT2D eigenvalue weighted by atomic mass is 10.1. The fourth-order valence-corrected chi connectivity index (χ4v) is 2.05. The van der Waals surface area contributed by atoms with Gasteiger partial charge in [0, 0.05) is 11.8 Å². The van der Waals surface area contributed by atoms with Gasteiger partial charge in [-0.2, -0.15) is 0 Å². The van der Waals surface area contributed by atoms with E-state index >= 15 is 0 Å². The molecule has 6 heteroatoms. The van der Waals surface area contributed by atoms with Gasteiger partial charge in [-0.05, 0) is 36.8 Å². The minimum Gasteiger partial charge on any atom is -0.482 e. The number of nitrogens with one attached hydrogen (secondary N) is 1. The summed E-state index contributed by atoms with van der Waals surface area (Å²) < 4.78 is 23.2. The molecule has 0 saturated heterocycles. The molecule has 0 aliphatic carbocycles. The van der Waals surface area contributed by atoms with E-state index in [1.165, 1.54) is 12.1 Å². The molecule has 0 aliphatic rings. The minimum atomic E-state index is -0.460. The quantitative estimate of drug-likeness (QED) is 0.792. The van der Waals surface area contributed by atoms with Gasteiger partial charge in [-0.25, -0.2) is 9.18 Å². The van der Waals surface area contributed by atoms with E-state index in [4.69, 9.17) is 9.47 Å². The Morgan fingerprint density at radius 1 is 1.12 bits per heavy atom. The molecule has 0 aliphatic heterocycles. The topological polar surface area (TPSA) is 64.6 Å². The standard InChI is InChI=1S/C18H18FNO4/c1-2-23-18(22)12-24-16-8-4-7-15(11-16)20-17(21)10-13-5-3-6-14(19)9-13/h3-9,11H,2,10,12H2,1H3,(H,20,21). The summed E-state index contributed by atoms with van der Waals surface area (Å²) in [7, 11) is 0. The third kappa shape index (κ3) is 5.72. The van der Waals surface area contributed by atoms with Crippen LogP contribution in [-0.2, 0) is 20.7 Å². The van der Waals surface area contributed by atoms with E-state index in [9.17, 15) is 14.0 Å². The number of carbonyl (C=O) groups is 2. The Labute approximate surface area is 139 Å². The lowest BCUT2D eigenvalue weighted by Crippen LogP contribution is -2.16. The molecule has 1 amide bonds. The van der Waals surface area contributed by atoms with Gasteiger partial charge in [0.1, 0.15) is 11.6 Å². The van der Waals surface area contributed by atoms with E-state index in [0.717, 1.165) is 0 Å².